The zero-order chi connectivity index (χ0) is 23.4. The van der Waals surface area contributed by atoms with Gasteiger partial charge < -0.3 is 25.0 Å². The topological polar surface area (TPSA) is 92.3 Å². The van der Waals surface area contributed by atoms with Gasteiger partial charge in [0, 0.05) is 24.6 Å². The number of urea groups is 1. The Labute approximate surface area is 194 Å². The number of nitrogens with one attached hydrogen (secondary N) is 2. The van der Waals surface area contributed by atoms with Crippen LogP contribution in [0.4, 0.5) is 16.2 Å². The number of benzene rings is 2. The Morgan fingerprint density at radius 1 is 1.06 bits per heavy atom. The van der Waals surface area contributed by atoms with Crippen LogP contribution in [-0.4, -0.2) is 45.1 Å². The second-order valence-electron chi connectivity index (χ2n) is 8.33. The summed E-state index contributed by atoms with van der Waals surface area (Å²) in [5, 5.41) is 5.51. The molecule has 174 valence electrons. The molecule has 2 aromatic rings. The fraction of sp³-hybridized carbons (Fsp3) is 0.400. The number of aliphatic imine (C=N–C) groups is 1. The Kier molecular flexibility index (Phi) is 6.82. The highest BCUT2D eigenvalue weighted by Gasteiger charge is 2.33. The number of anilines is 2. The minimum atomic E-state index is -1.03. The van der Waals surface area contributed by atoms with Crippen LogP contribution in [0.1, 0.15) is 37.7 Å². The van der Waals surface area contributed by atoms with Crippen molar-refractivity contribution in [3.05, 3.63) is 48.0 Å². The van der Waals surface area contributed by atoms with Gasteiger partial charge in [-0.25, -0.2) is 4.79 Å². The molecule has 1 aliphatic carbocycles. The second kappa shape index (κ2) is 9.94. The summed E-state index contributed by atoms with van der Waals surface area (Å²) in [4.78, 5) is 32.6. The van der Waals surface area contributed by atoms with Crippen LogP contribution >= 0.6 is 0 Å². The highest BCUT2D eigenvalue weighted by Crippen LogP contribution is 2.33. The smallest absolute Gasteiger partial charge is 0.321 e. The van der Waals surface area contributed by atoms with E-state index >= 15 is 0 Å². The molecule has 2 aliphatic rings. The van der Waals surface area contributed by atoms with Crippen LogP contribution in [0.2, 0.25) is 0 Å². The molecule has 0 saturated heterocycles. The molecule has 0 radical (unpaired) electrons. The van der Waals surface area contributed by atoms with Gasteiger partial charge in [-0.05, 0) is 31.0 Å². The van der Waals surface area contributed by atoms with E-state index in [0.717, 1.165) is 42.6 Å². The molecule has 0 bridgehead atoms. The van der Waals surface area contributed by atoms with Crippen molar-refractivity contribution in [3.63, 3.8) is 0 Å². The maximum Gasteiger partial charge on any atom is 0.321 e. The molecule has 4 rings (SSSR count). The van der Waals surface area contributed by atoms with Gasteiger partial charge in [0.15, 0.2) is 0 Å². The fourth-order valence-electron chi connectivity index (χ4n) is 4.54. The van der Waals surface area contributed by atoms with E-state index in [9.17, 15) is 9.59 Å². The summed E-state index contributed by atoms with van der Waals surface area (Å²) in [6.45, 7) is 0. The summed E-state index contributed by atoms with van der Waals surface area (Å²) in [5.74, 6) is 1.03. The molecule has 0 spiro atoms. The summed E-state index contributed by atoms with van der Waals surface area (Å²) >= 11 is 0. The molecule has 8 nitrogen and oxygen atoms in total. The number of carbonyl (C=O) groups excluding carboxylic acids is 2. The lowest BCUT2D eigenvalue weighted by Crippen LogP contribution is -2.47. The van der Waals surface area contributed by atoms with Gasteiger partial charge in [0.2, 0.25) is 6.17 Å². The Hall–Kier alpha value is -3.55. The Bertz CT molecular complexity index is 1060. The average molecular weight is 451 g/mol. The van der Waals surface area contributed by atoms with Crippen molar-refractivity contribution >= 4 is 29.0 Å². The van der Waals surface area contributed by atoms with Gasteiger partial charge in [-0.15, -0.1) is 0 Å². The van der Waals surface area contributed by atoms with Crippen LogP contribution in [0.25, 0.3) is 0 Å². The lowest BCUT2D eigenvalue weighted by atomic mass is 9.83. The number of fused-ring (bicyclic) bond motifs is 1. The minimum absolute atomic E-state index is 0.269. The summed E-state index contributed by atoms with van der Waals surface area (Å²) < 4.78 is 10.6. The largest absolute Gasteiger partial charge is 0.497 e. The molecule has 8 heteroatoms. The maximum absolute atomic E-state index is 13.3. The first kappa shape index (κ1) is 22.6. The van der Waals surface area contributed by atoms with E-state index in [1.165, 1.54) is 13.5 Å². The van der Waals surface area contributed by atoms with Crippen molar-refractivity contribution < 1.29 is 19.1 Å². The fourth-order valence-corrected chi connectivity index (χ4v) is 4.54. The van der Waals surface area contributed by atoms with Crippen molar-refractivity contribution in [2.45, 2.75) is 38.3 Å². The van der Waals surface area contributed by atoms with E-state index in [4.69, 9.17) is 14.5 Å². The molecule has 0 aromatic heterocycles. The highest BCUT2D eigenvalue weighted by molar-refractivity contribution is 6.14. The van der Waals surface area contributed by atoms with Crippen LogP contribution in [0, 0.1) is 5.92 Å². The molecule has 1 unspecified atom stereocenters. The van der Waals surface area contributed by atoms with Crippen LogP contribution in [0.5, 0.6) is 11.5 Å². The molecule has 3 amide bonds. The van der Waals surface area contributed by atoms with Crippen LogP contribution in [-0.2, 0) is 4.79 Å². The molecule has 1 atom stereocenters. The van der Waals surface area contributed by atoms with Gasteiger partial charge in [0.05, 0.1) is 31.3 Å². The van der Waals surface area contributed by atoms with Crippen LogP contribution in [0.3, 0.4) is 0 Å². The maximum atomic E-state index is 13.3. The normalized spacial score (nSPS) is 18.6. The Morgan fingerprint density at radius 2 is 1.82 bits per heavy atom. The third kappa shape index (κ3) is 4.79. The minimum Gasteiger partial charge on any atom is -0.497 e. The zero-order valence-corrected chi connectivity index (χ0v) is 19.3. The molecule has 1 heterocycles. The number of ether oxygens (including phenoxy) is 2. The third-order valence-electron chi connectivity index (χ3n) is 6.29. The van der Waals surface area contributed by atoms with E-state index in [1.54, 1.807) is 37.3 Å². The predicted octanol–water partition coefficient (Wildman–Crippen LogP) is 4.20. The number of carbonyl (C=O) groups is 2. The van der Waals surface area contributed by atoms with Gasteiger partial charge in [-0.2, -0.15) is 0 Å². The van der Waals surface area contributed by atoms with Crippen molar-refractivity contribution in [2.75, 3.05) is 31.5 Å². The average Bonchev–Trinajstić information content (AvgIpc) is 2.95. The molecular weight excluding hydrogens is 420 g/mol. The van der Waals surface area contributed by atoms with Crippen molar-refractivity contribution in [1.82, 2.24) is 5.32 Å². The molecular formula is C25H30N4O4. The monoisotopic (exact) mass is 450 g/mol. The molecule has 1 aliphatic heterocycles. The summed E-state index contributed by atoms with van der Waals surface area (Å²) in [5.41, 5.74) is 3.10. The van der Waals surface area contributed by atoms with E-state index in [0.29, 0.717) is 17.2 Å². The summed E-state index contributed by atoms with van der Waals surface area (Å²) in [7, 11) is 4.79. The van der Waals surface area contributed by atoms with Crippen LogP contribution < -0.4 is 25.0 Å². The van der Waals surface area contributed by atoms with Gasteiger partial charge in [-0.3, -0.25) is 9.79 Å². The summed E-state index contributed by atoms with van der Waals surface area (Å²) in [6, 6.07) is 12.4. The van der Waals surface area contributed by atoms with E-state index in [1.807, 2.05) is 24.3 Å². The lowest BCUT2D eigenvalue weighted by molar-refractivity contribution is -0.119. The predicted molar refractivity (Wildman–Crippen MR) is 128 cm³/mol. The Balaban J connectivity index is 1.63. The molecule has 2 aromatic carbocycles. The number of hydrogen-bond acceptors (Lipinski definition) is 5. The lowest BCUT2D eigenvalue weighted by Gasteiger charge is -2.25. The molecule has 2 N–H and O–H groups in total. The first-order chi connectivity index (χ1) is 16.0. The number of amides is 3. The molecule has 1 saturated carbocycles. The first-order valence-corrected chi connectivity index (χ1v) is 11.3. The molecule has 1 fully saturated rings. The second-order valence-corrected chi connectivity index (χ2v) is 8.33. The van der Waals surface area contributed by atoms with E-state index in [-0.39, 0.29) is 11.8 Å². The van der Waals surface area contributed by atoms with Gasteiger partial charge in [-0.1, -0.05) is 37.5 Å². The van der Waals surface area contributed by atoms with Gasteiger partial charge >= 0.3 is 6.03 Å². The number of methoxy groups -OCH3 is 2. The highest BCUT2D eigenvalue weighted by atomic mass is 16.5. The molecule has 33 heavy (non-hydrogen) atoms. The standard InChI is InChI=1S/C25H30N4O4/c1-29-20-12-8-7-11-18(20)22(16-9-5-4-6-10-16)27-23(24(29)30)28-25(31)26-19-15-17(32-2)13-14-21(19)33-3/h7-8,11-16,23H,4-6,9-10H2,1-3H3,(H2,26,28,31). The van der Waals surface area contributed by atoms with Crippen molar-refractivity contribution in [2.24, 2.45) is 10.9 Å². The quantitative estimate of drug-likeness (QED) is 0.714. The SMILES string of the molecule is COc1ccc(OC)c(NC(=O)NC2N=C(C3CCCCC3)c3ccccc3N(C)C2=O)c1. The number of rotatable bonds is 5. The number of nitrogens with zero attached hydrogens (tertiary/aromatic N) is 2. The third-order valence-corrected chi connectivity index (χ3v) is 6.29. The summed E-state index contributed by atoms with van der Waals surface area (Å²) in [6.07, 6.45) is 4.54. The van der Waals surface area contributed by atoms with Crippen molar-refractivity contribution in [3.8, 4) is 11.5 Å². The van der Waals surface area contributed by atoms with E-state index < -0.39 is 12.2 Å². The number of likely N-dealkylation sites (N-methyl/N-ethyl adjacent to an activating group) is 1. The number of benzodiazepines with no additional fused rings is 1. The van der Waals surface area contributed by atoms with Gasteiger partial charge in [0.25, 0.3) is 5.91 Å². The van der Waals surface area contributed by atoms with E-state index in [2.05, 4.69) is 10.6 Å². The first-order valence-electron chi connectivity index (χ1n) is 11.3. The number of para-hydroxylation sites is 1. The van der Waals surface area contributed by atoms with Crippen LogP contribution in [0.15, 0.2) is 47.5 Å². The zero-order valence-electron chi connectivity index (χ0n) is 19.3. The van der Waals surface area contributed by atoms with Gasteiger partial charge in [0.1, 0.15) is 11.5 Å². The Morgan fingerprint density at radius 3 is 2.55 bits per heavy atom. The number of hydrogen-bond donors (Lipinski definition) is 2. The van der Waals surface area contributed by atoms with Crippen molar-refractivity contribution in [1.29, 1.82) is 0 Å².